The van der Waals surface area contributed by atoms with E-state index >= 15 is 0 Å². The standard InChI is InChI=1S/C17H20N2O4S/c1-4-23-16(22)14(17(2,3)24)19-15(21)13(20)11-9-18-12-8-6-5-7-10(11)12/h5-9,14,18,24H,4H2,1-3H3,(H,19,21). The minimum Gasteiger partial charge on any atom is -0.464 e. The normalized spacial score (nSPS) is 12.7. The van der Waals surface area contributed by atoms with E-state index in [2.05, 4.69) is 22.9 Å². The van der Waals surface area contributed by atoms with Crippen LogP contribution in [-0.2, 0) is 14.3 Å². The fourth-order valence-corrected chi connectivity index (χ4v) is 2.50. The quantitative estimate of drug-likeness (QED) is 0.323. The average Bonchev–Trinajstić information content (AvgIpc) is 2.94. The summed E-state index contributed by atoms with van der Waals surface area (Å²) in [6, 6.07) is 6.12. The summed E-state index contributed by atoms with van der Waals surface area (Å²) in [5, 5.41) is 3.09. The number of para-hydroxylation sites is 1. The van der Waals surface area contributed by atoms with Crippen molar-refractivity contribution in [3.05, 3.63) is 36.0 Å². The third-order valence-electron chi connectivity index (χ3n) is 3.54. The molecule has 0 spiro atoms. The first-order chi connectivity index (χ1) is 11.3. The highest BCUT2D eigenvalue weighted by molar-refractivity contribution is 7.81. The minimum absolute atomic E-state index is 0.172. The lowest BCUT2D eigenvalue weighted by Gasteiger charge is -2.28. The molecule has 0 saturated carbocycles. The van der Waals surface area contributed by atoms with Gasteiger partial charge in [0.2, 0.25) is 0 Å². The molecule has 1 aromatic heterocycles. The first kappa shape index (κ1) is 18.1. The summed E-state index contributed by atoms with van der Waals surface area (Å²) >= 11 is 4.33. The number of aromatic nitrogens is 1. The summed E-state index contributed by atoms with van der Waals surface area (Å²) < 4.78 is 4.07. The number of amides is 1. The van der Waals surface area contributed by atoms with Gasteiger partial charge in [0.15, 0.2) is 0 Å². The Morgan fingerprint density at radius 2 is 1.96 bits per heavy atom. The van der Waals surface area contributed by atoms with Crippen LogP contribution < -0.4 is 5.32 Å². The van der Waals surface area contributed by atoms with Crippen LogP contribution in [0.2, 0.25) is 0 Å². The van der Waals surface area contributed by atoms with Gasteiger partial charge in [0.25, 0.3) is 11.7 Å². The number of carbonyl (C=O) groups is 3. The molecule has 1 heterocycles. The lowest BCUT2D eigenvalue weighted by molar-refractivity contribution is -0.147. The monoisotopic (exact) mass is 348 g/mol. The predicted molar refractivity (Wildman–Crippen MR) is 94.3 cm³/mol. The van der Waals surface area contributed by atoms with Crippen LogP contribution in [0.15, 0.2) is 30.5 Å². The molecular weight excluding hydrogens is 328 g/mol. The molecule has 0 aliphatic heterocycles. The van der Waals surface area contributed by atoms with Gasteiger partial charge in [0, 0.05) is 21.8 Å². The van der Waals surface area contributed by atoms with Crippen LogP contribution in [0.3, 0.4) is 0 Å². The van der Waals surface area contributed by atoms with Gasteiger partial charge in [0.05, 0.1) is 12.2 Å². The number of hydrogen-bond acceptors (Lipinski definition) is 5. The van der Waals surface area contributed by atoms with Crippen molar-refractivity contribution in [3.63, 3.8) is 0 Å². The molecule has 1 unspecified atom stereocenters. The van der Waals surface area contributed by atoms with Crippen molar-refractivity contribution >= 4 is 41.2 Å². The fourth-order valence-electron chi connectivity index (χ4n) is 2.33. The van der Waals surface area contributed by atoms with E-state index in [-0.39, 0.29) is 12.2 Å². The highest BCUT2D eigenvalue weighted by atomic mass is 32.1. The number of esters is 1. The van der Waals surface area contributed by atoms with E-state index in [1.165, 1.54) is 6.20 Å². The number of H-pyrrole nitrogens is 1. The third kappa shape index (κ3) is 3.79. The SMILES string of the molecule is CCOC(=O)C(NC(=O)C(=O)c1c[nH]c2ccccc12)C(C)(C)S. The van der Waals surface area contributed by atoms with Gasteiger partial charge in [-0.3, -0.25) is 9.59 Å². The summed E-state index contributed by atoms with van der Waals surface area (Å²) in [6.45, 7) is 5.16. The zero-order chi connectivity index (χ0) is 17.9. The van der Waals surface area contributed by atoms with Crippen molar-refractivity contribution in [1.29, 1.82) is 0 Å². The van der Waals surface area contributed by atoms with Crippen LogP contribution in [0.4, 0.5) is 0 Å². The van der Waals surface area contributed by atoms with Crippen LogP contribution in [0.25, 0.3) is 10.9 Å². The number of ether oxygens (including phenoxy) is 1. The molecule has 0 bridgehead atoms. The molecule has 0 fully saturated rings. The van der Waals surface area contributed by atoms with Crippen molar-refractivity contribution in [1.82, 2.24) is 10.3 Å². The van der Waals surface area contributed by atoms with E-state index in [0.717, 1.165) is 5.52 Å². The van der Waals surface area contributed by atoms with Crippen LogP contribution >= 0.6 is 12.6 Å². The van der Waals surface area contributed by atoms with Gasteiger partial charge < -0.3 is 15.0 Å². The molecule has 0 radical (unpaired) electrons. The number of nitrogens with one attached hydrogen (secondary N) is 2. The maximum absolute atomic E-state index is 12.5. The van der Waals surface area contributed by atoms with Crippen molar-refractivity contribution < 1.29 is 19.1 Å². The van der Waals surface area contributed by atoms with E-state index in [9.17, 15) is 14.4 Å². The van der Waals surface area contributed by atoms with Gasteiger partial charge in [-0.25, -0.2) is 4.79 Å². The number of Topliss-reactive ketones (excluding diaryl/α,β-unsaturated/α-hetero) is 1. The molecule has 0 saturated heterocycles. The maximum Gasteiger partial charge on any atom is 0.330 e. The predicted octanol–water partition coefficient (Wildman–Crippen LogP) is 2.11. The van der Waals surface area contributed by atoms with E-state index in [1.807, 2.05) is 12.1 Å². The number of thiol groups is 1. The van der Waals surface area contributed by atoms with Crippen LogP contribution in [0, 0.1) is 0 Å². The molecule has 0 aliphatic rings. The summed E-state index contributed by atoms with van der Waals surface area (Å²) in [7, 11) is 0. The van der Waals surface area contributed by atoms with Crippen LogP contribution in [-0.4, -0.2) is 40.0 Å². The molecular formula is C17H20N2O4S. The van der Waals surface area contributed by atoms with Crippen LogP contribution in [0.1, 0.15) is 31.1 Å². The zero-order valence-corrected chi connectivity index (χ0v) is 14.6. The number of benzene rings is 1. The Hall–Kier alpha value is -2.28. The summed E-state index contributed by atoms with van der Waals surface area (Å²) in [6.07, 6.45) is 1.48. The van der Waals surface area contributed by atoms with E-state index < -0.39 is 28.4 Å². The Labute approximate surface area is 145 Å². The molecule has 24 heavy (non-hydrogen) atoms. The van der Waals surface area contributed by atoms with Gasteiger partial charge in [-0.2, -0.15) is 12.6 Å². The fraction of sp³-hybridized carbons (Fsp3) is 0.353. The zero-order valence-electron chi connectivity index (χ0n) is 13.8. The Bertz CT molecular complexity index is 776. The Morgan fingerprint density at radius 1 is 1.29 bits per heavy atom. The molecule has 1 amide bonds. The van der Waals surface area contributed by atoms with E-state index in [0.29, 0.717) is 5.39 Å². The van der Waals surface area contributed by atoms with Crippen molar-refractivity contribution in [2.24, 2.45) is 0 Å². The summed E-state index contributed by atoms with van der Waals surface area (Å²) in [4.78, 5) is 39.8. The Morgan fingerprint density at radius 3 is 2.58 bits per heavy atom. The number of hydrogen-bond donors (Lipinski definition) is 3. The molecule has 6 nitrogen and oxygen atoms in total. The molecule has 2 aromatic rings. The van der Waals surface area contributed by atoms with Crippen molar-refractivity contribution in [3.8, 4) is 0 Å². The Balaban J connectivity index is 2.23. The van der Waals surface area contributed by atoms with Gasteiger partial charge in [-0.05, 0) is 26.8 Å². The van der Waals surface area contributed by atoms with Gasteiger partial charge in [-0.1, -0.05) is 18.2 Å². The lowest BCUT2D eigenvalue weighted by atomic mass is 10.0. The number of ketones is 1. The second kappa shape index (κ2) is 7.09. The number of rotatable bonds is 6. The van der Waals surface area contributed by atoms with Crippen LogP contribution in [0.5, 0.6) is 0 Å². The second-order valence-corrected chi connectivity index (χ2v) is 7.04. The second-order valence-electron chi connectivity index (χ2n) is 5.89. The molecule has 7 heteroatoms. The van der Waals surface area contributed by atoms with Crippen molar-refractivity contribution in [2.45, 2.75) is 31.6 Å². The molecule has 1 atom stereocenters. The largest absolute Gasteiger partial charge is 0.464 e. The van der Waals surface area contributed by atoms with Crippen molar-refractivity contribution in [2.75, 3.05) is 6.61 Å². The highest BCUT2D eigenvalue weighted by Crippen LogP contribution is 2.21. The average molecular weight is 348 g/mol. The maximum atomic E-state index is 12.5. The molecule has 1 aromatic carbocycles. The molecule has 128 valence electrons. The lowest BCUT2D eigenvalue weighted by Crippen LogP contribution is -2.53. The third-order valence-corrected chi connectivity index (χ3v) is 3.80. The van der Waals surface area contributed by atoms with Gasteiger partial charge in [0.1, 0.15) is 6.04 Å². The molecule has 0 aliphatic carbocycles. The molecule has 2 N–H and O–H groups in total. The minimum atomic E-state index is -1.04. The molecule has 2 rings (SSSR count). The number of aromatic amines is 1. The number of fused-ring (bicyclic) bond motifs is 1. The first-order valence-electron chi connectivity index (χ1n) is 7.56. The highest BCUT2D eigenvalue weighted by Gasteiger charge is 2.36. The van der Waals surface area contributed by atoms with Gasteiger partial charge in [-0.15, -0.1) is 0 Å². The van der Waals surface area contributed by atoms with E-state index in [4.69, 9.17) is 4.74 Å². The Kier molecular flexibility index (Phi) is 5.33. The smallest absolute Gasteiger partial charge is 0.330 e. The number of carbonyl (C=O) groups excluding carboxylic acids is 3. The van der Waals surface area contributed by atoms with E-state index in [1.54, 1.807) is 32.9 Å². The van der Waals surface area contributed by atoms with Gasteiger partial charge >= 0.3 is 5.97 Å². The summed E-state index contributed by atoms with van der Waals surface area (Å²) in [5.74, 6) is -2.23. The topological polar surface area (TPSA) is 88.3 Å². The first-order valence-corrected chi connectivity index (χ1v) is 8.00. The summed E-state index contributed by atoms with van der Waals surface area (Å²) in [5.41, 5.74) is 1.01.